The fraction of sp³-hybridized carbons (Fsp3) is 0.263. The molecular weight excluding hydrogens is 228 g/mol. The van der Waals surface area contributed by atoms with Gasteiger partial charge in [0.25, 0.3) is 0 Å². The van der Waals surface area contributed by atoms with Crippen molar-refractivity contribution in [3.8, 4) is 0 Å². The first kappa shape index (κ1) is 11.0. The van der Waals surface area contributed by atoms with Gasteiger partial charge in [-0.3, -0.25) is 0 Å². The van der Waals surface area contributed by atoms with Crippen LogP contribution in [0.5, 0.6) is 0 Å². The van der Waals surface area contributed by atoms with Crippen LogP contribution in [-0.4, -0.2) is 0 Å². The second kappa shape index (κ2) is 3.84. The van der Waals surface area contributed by atoms with Crippen molar-refractivity contribution >= 4 is 0 Å². The summed E-state index contributed by atoms with van der Waals surface area (Å²) in [6, 6.07) is 18.1. The van der Waals surface area contributed by atoms with Gasteiger partial charge in [-0.05, 0) is 41.5 Å². The molecule has 0 heterocycles. The molecule has 0 saturated heterocycles. The average Bonchev–Trinajstić information content (AvgIpc) is 2.49. The van der Waals surface area contributed by atoms with E-state index in [1.54, 1.807) is 22.3 Å². The molecule has 3 aliphatic rings. The molecule has 0 fully saturated rings. The predicted molar refractivity (Wildman–Crippen MR) is 79.6 cm³/mol. The Balaban J connectivity index is 2.07. The highest BCUT2D eigenvalue weighted by atomic mass is 14.5. The average molecular weight is 246 g/mol. The number of benzene rings is 2. The van der Waals surface area contributed by atoms with Crippen LogP contribution in [0.2, 0.25) is 0 Å². The summed E-state index contributed by atoms with van der Waals surface area (Å²) in [7, 11) is 0. The van der Waals surface area contributed by atoms with Gasteiger partial charge in [-0.15, -0.1) is 6.58 Å². The minimum Gasteiger partial charge on any atom is -0.103 e. The van der Waals surface area contributed by atoms with E-state index in [1.165, 1.54) is 12.8 Å². The molecule has 0 aromatic heterocycles. The maximum atomic E-state index is 4.01. The monoisotopic (exact) mass is 246 g/mol. The minimum absolute atomic E-state index is 0.184. The maximum absolute atomic E-state index is 4.01. The number of fused-ring (bicyclic) bond motifs is 1. The first-order chi connectivity index (χ1) is 9.37. The van der Waals surface area contributed by atoms with Gasteiger partial charge < -0.3 is 0 Å². The lowest BCUT2D eigenvalue weighted by Gasteiger charge is -2.49. The van der Waals surface area contributed by atoms with Crippen LogP contribution in [0.15, 0.2) is 61.2 Å². The lowest BCUT2D eigenvalue weighted by atomic mass is 9.54. The van der Waals surface area contributed by atoms with Crippen LogP contribution in [0.25, 0.3) is 0 Å². The molecule has 0 radical (unpaired) electrons. The van der Waals surface area contributed by atoms with Crippen LogP contribution in [0, 0.1) is 0 Å². The molecule has 2 aromatic carbocycles. The van der Waals surface area contributed by atoms with Crippen molar-refractivity contribution in [2.75, 3.05) is 0 Å². The van der Waals surface area contributed by atoms with E-state index in [2.05, 4.69) is 61.2 Å². The third kappa shape index (κ3) is 1.29. The molecule has 0 heteroatoms. The topological polar surface area (TPSA) is 0 Å². The fourth-order valence-electron chi connectivity index (χ4n) is 4.33. The van der Waals surface area contributed by atoms with E-state index in [4.69, 9.17) is 0 Å². The molecule has 0 spiro atoms. The van der Waals surface area contributed by atoms with Crippen LogP contribution in [-0.2, 0) is 5.41 Å². The molecule has 0 saturated carbocycles. The molecule has 19 heavy (non-hydrogen) atoms. The molecule has 0 amide bonds. The summed E-state index contributed by atoms with van der Waals surface area (Å²) in [5, 5.41) is 0. The van der Waals surface area contributed by atoms with Gasteiger partial charge in [-0.25, -0.2) is 0 Å². The van der Waals surface area contributed by atoms with E-state index < -0.39 is 0 Å². The highest BCUT2D eigenvalue weighted by Gasteiger charge is 2.46. The maximum Gasteiger partial charge on any atom is 0.0243 e. The summed E-state index contributed by atoms with van der Waals surface area (Å²) in [5.41, 5.74) is 6.38. The molecule has 0 atom stereocenters. The second-order valence-corrected chi connectivity index (χ2v) is 5.84. The highest BCUT2D eigenvalue weighted by molar-refractivity contribution is 5.59. The summed E-state index contributed by atoms with van der Waals surface area (Å²) in [5.74, 6) is 0.610. The summed E-state index contributed by atoms with van der Waals surface area (Å²) in [4.78, 5) is 0. The smallest absolute Gasteiger partial charge is 0.0243 e. The van der Waals surface area contributed by atoms with Gasteiger partial charge in [0.2, 0.25) is 0 Å². The Kier molecular flexibility index (Phi) is 2.23. The molecule has 3 aliphatic carbocycles. The van der Waals surface area contributed by atoms with Gasteiger partial charge >= 0.3 is 0 Å². The zero-order valence-corrected chi connectivity index (χ0v) is 11.1. The van der Waals surface area contributed by atoms with E-state index in [1.807, 2.05) is 0 Å². The Morgan fingerprint density at radius 2 is 1.58 bits per heavy atom. The third-order valence-electron chi connectivity index (χ3n) is 5.06. The predicted octanol–water partition coefficient (Wildman–Crippen LogP) is 4.79. The lowest BCUT2D eigenvalue weighted by Crippen LogP contribution is -2.39. The summed E-state index contributed by atoms with van der Waals surface area (Å²) in [6.07, 6.45) is 5.69. The standard InChI is InChI=1S/C19H18/c1-2-12-19-13-11-14(15-7-3-5-9-17(15)19)16-8-4-6-10-18(16)19/h2-10,14H,1,11-13H2. The largest absolute Gasteiger partial charge is 0.103 e. The van der Waals surface area contributed by atoms with Crippen LogP contribution < -0.4 is 0 Å². The van der Waals surface area contributed by atoms with Crippen molar-refractivity contribution in [2.24, 2.45) is 0 Å². The molecule has 5 rings (SSSR count). The molecule has 0 N–H and O–H groups in total. The molecule has 0 nitrogen and oxygen atoms in total. The highest BCUT2D eigenvalue weighted by Crippen LogP contribution is 2.57. The Bertz CT molecular complexity index is 603. The first-order valence-electron chi connectivity index (χ1n) is 7.16. The number of hydrogen-bond donors (Lipinski definition) is 0. The van der Waals surface area contributed by atoms with Crippen molar-refractivity contribution in [3.05, 3.63) is 83.4 Å². The number of hydrogen-bond acceptors (Lipinski definition) is 0. The normalized spacial score (nSPS) is 26.6. The summed E-state index contributed by atoms with van der Waals surface area (Å²) >= 11 is 0. The van der Waals surface area contributed by atoms with Gasteiger partial charge in [-0.1, -0.05) is 54.6 Å². The van der Waals surface area contributed by atoms with Gasteiger partial charge in [0.15, 0.2) is 0 Å². The van der Waals surface area contributed by atoms with Crippen molar-refractivity contribution in [2.45, 2.75) is 30.6 Å². The second-order valence-electron chi connectivity index (χ2n) is 5.84. The molecule has 2 aromatic rings. The van der Waals surface area contributed by atoms with Crippen LogP contribution in [0.3, 0.4) is 0 Å². The Morgan fingerprint density at radius 1 is 1.00 bits per heavy atom. The van der Waals surface area contributed by atoms with Gasteiger partial charge in [0, 0.05) is 11.3 Å². The van der Waals surface area contributed by atoms with E-state index in [9.17, 15) is 0 Å². The van der Waals surface area contributed by atoms with Crippen LogP contribution >= 0.6 is 0 Å². The van der Waals surface area contributed by atoms with Gasteiger partial charge in [0.1, 0.15) is 0 Å². The van der Waals surface area contributed by atoms with E-state index in [-0.39, 0.29) is 5.41 Å². The zero-order valence-electron chi connectivity index (χ0n) is 11.1. The molecule has 0 aliphatic heterocycles. The van der Waals surface area contributed by atoms with Gasteiger partial charge in [-0.2, -0.15) is 0 Å². The van der Waals surface area contributed by atoms with Gasteiger partial charge in [0.05, 0.1) is 0 Å². The van der Waals surface area contributed by atoms with E-state index >= 15 is 0 Å². The SMILES string of the molecule is C=CCC12CCC(c3ccccc31)c1ccccc12. The van der Waals surface area contributed by atoms with E-state index in [0.29, 0.717) is 5.92 Å². The van der Waals surface area contributed by atoms with Crippen LogP contribution in [0.1, 0.15) is 47.4 Å². The zero-order chi connectivity index (χ0) is 12.9. The fourth-order valence-corrected chi connectivity index (χ4v) is 4.33. The van der Waals surface area contributed by atoms with Crippen molar-refractivity contribution in [1.29, 1.82) is 0 Å². The Morgan fingerprint density at radius 3 is 2.16 bits per heavy atom. The molecule has 2 bridgehead atoms. The van der Waals surface area contributed by atoms with E-state index in [0.717, 1.165) is 6.42 Å². The number of allylic oxidation sites excluding steroid dienone is 1. The Labute approximate surface area is 114 Å². The lowest BCUT2D eigenvalue weighted by molar-refractivity contribution is 0.375. The summed E-state index contributed by atoms with van der Waals surface area (Å²) in [6.45, 7) is 4.01. The molecular formula is C19H18. The molecule has 94 valence electrons. The quantitative estimate of drug-likeness (QED) is 0.668. The minimum atomic E-state index is 0.184. The van der Waals surface area contributed by atoms with Crippen LogP contribution in [0.4, 0.5) is 0 Å². The van der Waals surface area contributed by atoms with Crippen molar-refractivity contribution < 1.29 is 0 Å². The summed E-state index contributed by atoms with van der Waals surface area (Å²) < 4.78 is 0. The van der Waals surface area contributed by atoms with Crippen molar-refractivity contribution in [3.63, 3.8) is 0 Å². The van der Waals surface area contributed by atoms with Crippen molar-refractivity contribution in [1.82, 2.24) is 0 Å². The Hall–Kier alpha value is -1.82. The molecule has 0 unspecified atom stereocenters. The first-order valence-corrected chi connectivity index (χ1v) is 7.16. The number of rotatable bonds is 2. The third-order valence-corrected chi connectivity index (χ3v) is 5.06.